The first-order chi connectivity index (χ1) is 12.4. The highest BCUT2D eigenvalue weighted by Crippen LogP contribution is 2.17. The molecule has 0 bridgehead atoms. The number of phenols is 1. The zero-order chi connectivity index (χ0) is 19.1. The number of nitrogens with one attached hydrogen (secondary N) is 2. The molecular formula is C17H21N3O6. The van der Waals surface area contributed by atoms with Gasteiger partial charge in [0.15, 0.2) is 0 Å². The van der Waals surface area contributed by atoms with E-state index >= 15 is 0 Å². The molecule has 1 aliphatic heterocycles. The van der Waals surface area contributed by atoms with E-state index in [0.717, 1.165) is 0 Å². The van der Waals surface area contributed by atoms with Gasteiger partial charge in [0.25, 0.3) is 5.91 Å². The predicted octanol–water partition coefficient (Wildman–Crippen LogP) is -0.298. The molecule has 2 rings (SSSR count). The van der Waals surface area contributed by atoms with Crippen molar-refractivity contribution < 1.29 is 29.4 Å². The molecule has 1 heterocycles. The Kier molecular flexibility index (Phi) is 6.67. The Bertz CT molecular complexity index is 693. The Morgan fingerprint density at radius 1 is 1.31 bits per heavy atom. The van der Waals surface area contributed by atoms with Crippen molar-refractivity contribution in [1.82, 2.24) is 15.5 Å². The molecule has 0 aliphatic carbocycles. The van der Waals surface area contributed by atoms with Gasteiger partial charge in [0.2, 0.25) is 5.91 Å². The molecule has 1 aromatic carbocycles. The number of carboxylic acids is 1. The summed E-state index contributed by atoms with van der Waals surface area (Å²) >= 11 is 0. The number of nitrogens with zero attached hydrogens (tertiary/aromatic N) is 1. The molecule has 9 heteroatoms. The number of likely N-dealkylation sites (tertiary alicyclic amines) is 1. The molecule has 0 saturated carbocycles. The first kappa shape index (κ1) is 19.4. The number of hydrogen-bond donors (Lipinski definition) is 4. The molecule has 1 aromatic rings. The van der Waals surface area contributed by atoms with Gasteiger partial charge in [0.1, 0.15) is 12.0 Å². The van der Waals surface area contributed by atoms with Crippen LogP contribution in [-0.2, 0) is 14.4 Å². The average molecular weight is 363 g/mol. The fourth-order valence-electron chi connectivity index (χ4n) is 2.84. The number of hydrogen-bond acceptors (Lipinski definition) is 6. The zero-order valence-corrected chi connectivity index (χ0v) is 14.1. The van der Waals surface area contributed by atoms with Crippen LogP contribution in [0.3, 0.4) is 0 Å². The van der Waals surface area contributed by atoms with Gasteiger partial charge in [-0.1, -0.05) is 12.1 Å². The standard InChI is InChI=1S/C17H21N3O6/c21-10-11(8-16(24)25)19-14-6-3-7-20(14)15(23)9-18-17(26)12-4-1-2-5-13(12)22/h1-2,4-5,10-11,14,19,22H,3,6-9H2,(H,18,26)(H,24,25)/t11-,14?/m0/s1. The van der Waals surface area contributed by atoms with Gasteiger partial charge in [-0.25, -0.2) is 0 Å². The number of carboxylic acid groups (broad SMARTS) is 1. The average Bonchev–Trinajstić information content (AvgIpc) is 3.07. The van der Waals surface area contributed by atoms with Gasteiger partial charge in [-0.3, -0.25) is 19.7 Å². The third-order valence-corrected chi connectivity index (χ3v) is 4.09. The van der Waals surface area contributed by atoms with Crippen LogP contribution in [0.4, 0.5) is 0 Å². The lowest BCUT2D eigenvalue weighted by Crippen LogP contribution is -2.51. The lowest BCUT2D eigenvalue weighted by molar-refractivity contribution is -0.138. The second-order valence-corrected chi connectivity index (χ2v) is 5.95. The summed E-state index contributed by atoms with van der Waals surface area (Å²) in [6, 6.07) is 5.11. The van der Waals surface area contributed by atoms with Gasteiger partial charge >= 0.3 is 5.97 Å². The summed E-state index contributed by atoms with van der Waals surface area (Å²) < 4.78 is 0. The number of carbonyl (C=O) groups excluding carboxylic acids is 3. The molecule has 1 unspecified atom stereocenters. The van der Waals surface area contributed by atoms with E-state index in [1.54, 1.807) is 12.1 Å². The number of para-hydroxylation sites is 1. The summed E-state index contributed by atoms with van der Waals surface area (Å²) in [6.07, 6.45) is 0.971. The smallest absolute Gasteiger partial charge is 0.305 e. The Morgan fingerprint density at radius 3 is 2.69 bits per heavy atom. The van der Waals surface area contributed by atoms with Crippen LogP contribution in [0, 0.1) is 0 Å². The Labute approximate surface area is 150 Å². The van der Waals surface area contributed by atoms with Crippen LogP contribution in [0.5, 0.6) is 5.75 Å². The maximum absolute atomic E-state index is 12.4. The molecule has 2 amide bonds. The number of aromatic hydroxyl groups is 1. The van der Waals surface area contributed by atoms with Crippen LogP contribution in [0.1, 0.15) is 29.6 Å². The van der Waals surface area contributed by atoms with E-state index in [1.807, 2.05) is 0 Å². The molecule has 9 nitrogen and oxygen atoms in total. The van der Waals surface area contributed by atoms with E-state index in [4.69, 9.17) is 5.11 Å². The predicted molar refractivity (Wildman–Crippen MR) is 90.4 cm³/mol. The van der Waals surface area contributed by atoms with Gasteiger partial charge < -0.3 is 25.2 Å². The summed E-state index contributed by atoms with van der Waals surface area (Å²) in [5.74, 6) is -2.22. The maximum atomic E-state index is 12.4. The number of carbonyl (C=O) groups is 4. The molecular weight excluding hydrogens is 342 g/mol. The highest BCUT2D eigenvalue weighted by Gasteiger charge is 2.30. The quantitative estimate of drug-likeness (QED) is 0.466. The highest BCUT2D eigenvalue weighted by atomic mass is 16.4. The Hall–Kier alpha value is -2.94. The minimum Gasteiger partial charge on any atom is -0.507 e. The number of phenolic OH excluding ortho intramolecular Hbond substituents is 1. The van der Waals surface area contributed by atoms with E-state index < -0.39 is 24.1 Å². The van der Waals surface area contributed by atoms with Crippen molar-refractivity contribution in [2.24, 2.45) is 0 Å². The van der Waals surface area contributed by atoms with Crippen molar-refractivity contribution in [2.45, 2.75) is 31.5 Å². The van der Waals surface area contributed by atoms with E-state index in [9.17, 15) is 24.3 Å². The number of amides is 2. The van der Waals surface area contributed by atoms with Crippen LogP contribution in [-0.4, -0.2) is 64.5 Å². The minimum atomic E-state index is -1.11. The topological polar surface area (TPSA) is 136 Å². The lowest BCUT2D eigenvalue weighted by Gasteiger charge is -2.27. The Balaban J connectivity index is 1.91. The molecule has 1 aliphatic rings. The van der Waals surface area contributed by atoms with Crippen LogP contribution in [0.2, 0.25) is 0 Å². The van der Waals surface area contributed by atoms with Gasteiger partial charge in [0.05, 0.1) is 30.7 Å². The first-order valence-electron chi connectivity index (χ1n) is 8.21. The largest absolute Gasteiger partial charge is 0.507 e. The van der Waals surface area contributed by atoms with Crippen LogP contribution >= 0.6 is 0 Å². The molecule has 0 spiro atoms. The normalized spacial score (nSPS) is 17.5. The van der Waals surface area contributed by atoms with Crippen molar-refractivity contribution in [3.63, 3.8) is 0 Å². The molecule has 1 saturated heterocycles. The summed E-state index contributed by atoms with van der Waals surface area (Å²) in [7, 11) is 0. The summed E-state index contributed by atoms with van der Waals surface area (Å²) in [5, 5.41) is 23.8. The number of rotatable bonds is 8. The molecule has 140 valence electrons. The SMILES string of the molecule is O=C[C@H](CC(=O)O)NC1CCCN1C(=O)CNC(=O)c1ccccc1O. The van der Waals surface area contributed by atoms with Gasteiger partial charge in [-0.15, -0.1) is 0 Å². The second-order valence-electron chi connectivity index (χ2n) is 5.95. The maximum Gasteiger partial charge on any atom is 0.305 e. The monoisotopic (exact) mass is 363 g/mol. The van der Waals surface area contributed by atoms with Crippen molar-refractivity contribution in [2.75, 3.05) is 13.1 Å². The molecule has 0 radical (unpaired) electrons. The van der Waals surface area contributed by atoms with Crippen LogP contribution in [0.25, 0.3) is 0 Å². The van der Waals surface area contributed by atoms with Gasteiger partial charge in [-0.05, 0) is 25.0 Å². The fourth-order valence-corrected chi connectivity index (χ4v) is 2.84. The van der Waals surface area contributed by atoms with E-state index in [-0.39, 0.29) is 30.2 Å². The third-order valence-electron chi connectivity index (χ3n) is 4.09. The van der Waals surface area contributed by atoms with Crippen LogP contribution < -0.4 is 10.6 Å². The zero-order valence-electron chi connectivity index (χ0n) is 14.1. The highest BCUT2D eigenvalue weighted by molar-refractivity contribution is 5.98. The third kappa shape index (κ3) is 5.03. The summed E-state index contributed by atoms with van der Waals surface area (Å²) in [5.41, 5.74) is 0.0684. The molecule has 0 aromatic heterocycles. The van der Waals surface area contributed by atoms with Gasteiger partial charge in [0, 0.05) is 6.54 Å². The van der Waals surface area contributed by atoms with Crippen molar-refractivity contribution in [1.29, 1.82) is 0 Å². The van der Waals surface area contributed by atoms with E-state index in [0.29, 0.717) is 25.7 Å². The molecule has 1 fully saturated rings. The summed E-state index contributed by atoms with van der Waals surface area (Å²) in [6.45, 7) is 0.178. The van der Waals surface area contributed by atoms with E-state index in [2.05, 4.69) is 10.6 Å². The van der Waals surface area contributed by atoms with Gasteiger partial charge in [-0.2, -0.15) is 0 Å². The molecule has 2 atom stereocenters. The Morgan fingerprint density at radius 2 is 2.04 bits per heavy atom. The number of aldehydes is 1. The van der Waals surface area contributed by atoms with Crippen LogP contribution in [0.15, 0.2) is 24.3 Å². The number of aliphatic carboxylic acids is 1. The van der Waals surface area contributed by atoms with Crippen molar-refractivity contribution in [3.05, 3.63) is 29.8 Å². The van der Waals surface area contributed by atoms with Crippen molar-refractivity contribution >= 4 is 24.1 Å². The van der Waals surface area contributed by atoms with Crippen molar-refractivity contribution in [3.8, 4) is 5.75 Å². The lowest BCUT2D eigenvalue weighted by atomic mass is 10.2. The first-order valence-corrected chi connectivity index (χ1v) is 8.21. The summed E-state index contributed by atoms with van der Waals surface area (Å²) in [4.78, 5) is 47.6. The minimum absolute atomic E-state index is 0.0684. The van der Waals surface area contributed by atoms with E-state index in [1.165, 1.54) is 17.0 Å². The molecule has 4 N–H and O–H groups in total. The number of benzene rings is 1. The fraction of sp³-hybridized carbons (Fsp3) is 0.412. The second kappa shape index (κ2) is 8.95. The molecule has 26 heavy (non-hydrogen) atoms.